The van der Waals surface area contributed by atoms with Crippen LogP contribution in [0, 0.1) is 0 Å². The predicted molar refractivity (Wildman–Crippen MR) is 68.3 cm³/mol. The van der Waals surface area contributed by atoms with Crippen molar-refractivity contribution >= 4 is 15.9 Å². The molecule has 0 aromatic rings. The Labute approximate surface area is 104 Å². The highest BCUT2D eigenvalue weighted by atomic mass is 32.2. The SMILES string of the molecule is CCCCNC(=O)CNCCCNS(C)(=O)=O. The number of carbonyl (C=O) groups excluding carboxylic acids is 1. The van der Waals surface area contributed by atoms with Crippen molar-refractivity contribution in [1.82, 2.24) is 15.4 Å². The molecule has 0 atom stereocenters. The molecule has 102 valence electrons. The van der Waals surface area contributed by atoms with Gasteiger partial charge >= 0.3 is 0 Å². The Kier molecular flexibility index (Phi) is 9.01. The van der Waals surface area contributed by atoms with Gasteiger partial charge in [0.2, 0.25) is 15.9 Å². The van der Waals surface area contributed by atoms with Crippen molar-refractivity contribution in [3.63, 3.8) is 0 Å². The molecule has 0 unspecified atom stereocenters. The van der Waals surface area contributed by atoms with Crippen LogP contribution in [0.2, 0.25) is 0 Å². The monoisotopic (exact) mass is 265 g/mol. The zero-order valence-corrected chi connectivity index (χ0v) is 11.4. The first-order valence-corrected chi connectivity index (χ1v) is 7.77. The third-order valence-electron chi connectivity index (χ3n) is 2.03. The van der Waals surface area contributed by atoms with E-state index >= 15 is 0 Å². The topological polar surface area (TPSA) is 87.3 Å². The molecule has 0 aliphatic carbocycles. The molecule has 0 aliphatic rings. The Hall–Kier alpha value is -0.660. The third kappa shape index (κ3) is 13.3. The first-order chi connectivity index (χ1) is 7.95. The summed E-state index contributed by atoms with van der Waals surface area (Å²) in [5.41, 5.74) is 0. The second-order valence-corrected chi connectivity index (χ2v) is 5.73. The van der Waals surface area contributed by atoms with Crippen LogP contribution in [-0.2, 0) is 14.8 Å². The van der Waals surface area contributed by atoms with Gasteiger partial charge in [-0.05, 0) is 19.4 Å². The van der Waals surface area contributed by atoms with Gasteiger partial charge in [0.05, 0.1) is 12.8 Å². The van der Waals surface area contributed by atoms with Crippen LogP contribution in [0.4, 0.5) is 0 Å². The summed E-state index contributed by atoms with van der Waals surface area (Å²) in [5.74, 6) is -0.0190. The third-order valence-corrected chi connectivity index (χ3v) is 2.76. The van der Waals surface area contributed by atoms with Gasteiger partial charge in [-0.25, -0.2) is 13.1 Å². The standard InChI is InChI=1S/C10H23N3O3S/c1-3-4-7-12-10(14)9-11-6-5-8-13-17(2,15)16/h11,13H,3-9H2,1-2H3,(H,12,14). The first kappa shape index (κ1) is 16.3. The lowest BCUT2D eigenvalue weighted by Crippen LogP contribution is -2.35. The fourth-order valence-electron chi connectivity index (χ4n) is 1.14. The minimum atomic E-state index is -3.10. The molecular formula is C10H23N3O3S. The lowest BCUT2D eigenvalue weighted by molar-refractivity contribution is -0.120. The molecule has 7 heteroatoms. The molecule has 0 aromatic heterocycles. The highest BCUT2D eigenvalue weighted by Crippen LogP contribution is 1.82. The smallest absolute Gasteiger partial charge is 0.233 e. The zero-order valence-electron chi connectivity index (χ0n) is 10.6. The Morgan fingerprint density at radius 2 is 1.82 bits per heavy atom. The average molecular weight is 265 g/mol. The number of amides is 1. The van der Waals surface area contributed by atoms with Crippen molar-refractivity contribution in [2.45, 2.75) is 26.2 Å². The minimum Gasteiger partial charge on any atom is -0.355 e. The number of hydrogen-bond acceptors (Lipinski definition) is 4. The molecule has 0 spiro atoms. The second kappa shape index (κ2) is 9.38. The molecule has 17 heavy (non-hydrogen) atoms. The van der Waals surface area contributed by atoms with Crippen molar-refractivity contribution in [1.29, 1.82) is 0 Å². The summed E-state index contributed by atoms with van der Waals surface area (Å²) < 4.78 is 23.8. The fraction of sp³-hybridized carbons (Fsp3) is 0.900. The fourth-order valence-corrected chi connectivity index (χ4v) is 1.66. The molecule has 0 saturated carbocycles. The minimum absolute atomic E-state index is 0.0190. The van der Waals surface area contributed by atoms with Crippen LogP contribution in [0.3, 0.4) is 0 Å². The van der Waals surface area contributed by atoms with Crippen LogP contribution in [-0.4, -0.2) is 46.8 Å². The maximum Gasteiger partial charge on any atom is 0.233 e. The van der Waals surface area contributed by atoms with Crippen LogP contribution in [0.5, 0.6) is 0 Å². The van der Waals surface area contributed by atoms with Gasteiger partial charge in [0.15, 0.2) is 0 Å². The summed E-state index contributed by atoms with van der Waals surface area (Å²) >= 11 is 0. The first-order valence-electron chi connectivity index (χ1n) is 5.87. The highest BCUT2D eigenvalue weighted by molar-refractivity contribution is 7.88. The van der Waals surface area contributed by atoms with Crippen molar-refractivity contribution < 1.29 is 13.2 Å². The van der Waals surface area contributed by atoms with Crippen LogP contribution >= 0.6 is 0 Å². The van der Waals surface area contributed by atoms with Crippen LogP contribution < -0.4 is 15.4 Å². The van der Waals surface area contributed by atoms with E-state index in [9.17, 15) is 13.2 Å². The molecule has 1 amide bonds. The molecule has 3 N–H and O–H groups in total. The van der Waals surface area contributed by atoms with Crippen molar-refractivity contribution in [2.75, 3.05) is 32.4 Å². The molecule has 0 aromatic carbocycles. The number of rotatable bonds is 10. The van der Waals surface area contributed by atoms with E-state index in [1.807, 2.05) is 0 Å². The highest BCUT2D eigenvalue weighted by Gasteiger charge is 2.00. The second-order valence-electron chi connectivity index (χ2n) is 3.90. The summed E-state index contributed by atoms with van der Waals surface area (Å²) in [6.07, 6.45) is 3.84. The summed E-state index contributed by atoms with van der Waals surface area (Å²) in [6.45, 7) is 4.07. The molecule has 0 saturated heterocycles. The number of nitrogens with one attached hydrogen (secondary N) is 3. The van der Waals surface area contributed by atoms with Gasteiger partial charge < -0.3 is 10.6 Å². The van der Waals surface area contributed by atoms with E-state index < -0.39 is 10.0 Å². The molecule has 0 bridgehead atoms. The zero-order chi connectivity index (χ0) is 13.1. The van der Waals surface area contributed by atoms with E-state index in [-0.39, 0.29) is 12.5 Å². The van der Waals surface area contributed by atoms with E-state index in [0.717, 1.165) is 19.1 Å². The predicted octanol–water partition coefficient (Wildman–Crippen LogP) is -0.568. The van der Waals surface area contributed by atoms with Crippen molar-refractivity contribution in [3.8, 4) is 0 Å². The summed E-state index contributed by atoms with van der Waals surface area (Å²) in [7, 11) is -3.10. The summed E-state index contributed by atoms with van der Waals surface area (Å²) in [5, 5.41) is 5.74. The van der Waals surface area contributed by atoms with Gasteiger partial charge in [-0.15, -0.1) is 0 Å². The Balaban J connectivity index is 3.30. The molecular weight excluding hydrogens is 242 g/mol. The lowest BCUT2D eigenvalue weighted by atomic mass is 10.3. The Bertz CT molecular complexity index is 304. The van der Waals surface area contributed by atoms with Gasteiger partial charge in [0.1, 0.15) is 0 Å². The largest absolute Gasteiger partial charge is 0.355 e. The maximum absolute atomic E-state index is 11.2. The lowest BCUT2D eigenvalue weighted by Gasteiger charge is -2.06. The van der Waals surface area contributed by atoms with Gasteiger partial charge in [0, 0.05) is 13.1 Å². The van der Waals surface area contributed by atoms with E-state index in [1.165, 1.54) is 0 Å². The van der Waals surface area contributed by atoms with Crippen molar-refractivity contribution in [3.05, 3.63) is 0 Å². The van der Waals surface area contributed by atoms with E-state index in [2.05, 4.69) is 22.3 Å². The average Bonchev–Trinajstić information content (AvgIpc) is 2.22. The van der Waals surface area contributed by atoms with E-state index in [4.69, 9.17) is 0 Å². The molecule has 0 fully saturated rings. The van der Waals surface area contributed by atoms with E-state index in [0.29, 0.717) is 26.1 Å². The molecule has 0 radical (unpaired) electrons. The number of sulfonamides is 1. The molecule has 0 rings (SSSR count). The quantitative estimate of drug-likeness (QED) is 0.462. The van der Waals surface area contributed by atoms with Gasteiger partial charge in [-0.1, -0.05) is 13.3 Å². The van der Waals surface area contributed by atoms with E-state index in [1.54, 1.807) is 0 Å². The molecule has 0 heterocycles. The van der Waals surface area contributed by atoms with Crippen LogP contribution in [0.25, 0.3) is 0 Å². The van der Waals surface area contributed by atoms with Crippen LogP contribution in [0.15, 0.2) is 0 Å². The van der Waals surface area contributed by atoms with Gasteiger partial charge in [-0.3, -0.25) is 4.79 Å². The number of hydrogen-bond donors (Lipinski definition) is 3. The number of carbonyl (C=O) groups is 1. The van der Waals surface area contributed by atoms with Gasteiger partial charge in [0.25, 0.3) is 0 Å². The number of unbranched alkanes of at least 4 members (excludes halogenated alkanes) is 1. The summed E-state index contributed by atoms with van der Waals surface area (Å²) in [6, 6.07) is 0. The normalized spacial score (nSPS) is 11.4. The van der Waals surface area contributed by atoms with Crippen LogP contribution in [0.1, 0.15) is 26.2 Å². The Morgan fingerprint density at radius 3 is 2.41 bits per heavy atom. The molecule has 0 aliphatic heterocycles. The maximum atomic E-state index is 11.2. The van der Waals surface area contributed by atoms with Crippen molar-refractivity contribution in [2.24, 2.45) is 0 Å². The molecule has 6 nitrogen and oxygen atoms in total. The van der Waals surface area contributed by atoms with Gasteiger partial charge in [-0.2, -0.15) is 0 Å². The Morgan fingerprint density at radius 1 is 1.12 bits per heavy atom. The summed E-state index contributed by atoms with van der Waals surface area (Å²) in [4.78, 5) is 11.2.